The Kier molecular flexibility index (Phi) is 5.21. The van der Waals surface area contributed by atoms with Gasteiger partial charge in [0.25, 0.3) is 0 Å². The highest BCUT2D eigenvalue weighted by Gasteiger charge is 2.52. The molecule has 0 radical (unpaired) electrons. The number of allylic oxidation sites excluding steroid dienone is 2. The second-order valence-corrected chi connectivity index (χ2v) is 5.98. The monoisotopic (exact) mass is 310 g/mol. The average molecular weight is 310 g/mol. The van der Waals surface area contributed by atoms with E-state index in [1.165, 1.54) is 0 Å². The smallest absolute Gasteiger partial charge is 0.310 e. The molecule has 1 fully saturated rings. The minimum absolute atomic E-state index is 0.00328. The van der Waals surface area contributed by atoms with Gasteiger partial charge in [0.05, 0.1) is 17.8 Å². The first kappa shape index (κ1) is 16.5. The zero-order chi connectivity index (χ0) is 16.3. The summed E-state index contributed by atoms with van der Waals surface area (Å²) in [7, 11) is 0. The quantitative estimate of drug-likeness (QED) is 0.437. The molecular weight excluding hydrogens is 288 g/mol. The van der Waals surface area contributed by atoms with Crippen molar-refractivity contribution >= 4 is 17.9 Å². The zero-order valence-electron chi connectivity index (χ0n) is 12.9. The van der Waals surface area contributed by atoms with E-state index in [1.807, 2.05) is 19.1 Å². The van der Waals surface area contributed by atoms with E-state index >= 15 is 0 Å². The highest BCUT2D eigenvalue weighted by Crippen LogP contribution is 2.48. The van der Waals surface area contributed by atoms with Crippen LogP contribution in [0.3, 0.4) is 0 Å². The molecule has 6 nitrogen and oxygen atoms in total. The minimum Gasteiger partial charge on any atom is -0.481 e. The van der Waals surface area contributed by atoms with Crippen LogP contribution in [0.2, 0.25) is 0 Å². The van der Waals surface area contributed by atoms with Gasteiger partial charge < -0.3 is 14.6 Å². The first-order valence-corrected chi connectivity index (χ1v) is 7.70. The Morgan fingerprint density at radius 1 is 1.14 bits per heavy atom. The maximum absolute atomic E-state index is 12.1. The number of carboxylic acid groups (broad SMARTS) is 1. The van der Waals surface area contributed by atoms with Gasteiger partial charge in [-0.25, -0.2) is 0 Å². The maximum Gasteiger partial charge on any atom is 0.310 e. The summed E-state index contributed by atoms with van der Waals surface area (Å²) in [5.74, 6) is -3.43. The lowest BCUT2D eigenvalue weighted by Gasteiger charge is -2.23. The molecule has 0 aromatic rings. The Labute approximate surface area is 129 Å². The van der Waals surface area contributed by atoms with E-state index in [4.69, 9.17) is 9.47 Å². The fraction of sp³-hybridized carbons (Fsp3) is 0.688. The first-order valence-electron chi connectivity index (χ1n) is 7.70. The molecule has 0 amide bonds. The van der Waals surface area contributed by atoms with Crippen molar-refractivity contribution in [2.75, 3.05) is 13.2 Å². The van der Waals surface area contributed by atoms with Gasteiger partial charge >= 0.3 is 17.9 Å². The van der Waals surface area contributed by atoms with Crippen LogP contribution in [0.5, 0.6) is 0 Å². The summed E-state index contributed by atoms with van der Waals surface area (Å²) in [6.45, 7) is 3.63. The van der Waals surface area contributed by atoms with Gasteiger partial charge in [-0.05, 0) is 24.7 Å². The molecule has 22 heavy (non-hydrogen) atoms. The number of hydrogen-bond acceptors (Lipinski definition) is 5. The number of carboxylic acids is 1. The van der Waals surface area contributed by atoms with Crippen molar-refractivity contribution in [1.29, 1.82) is 0 Å². The van der Waals surface area contributed by atoms with E-state index in [2.05, 4.69) is 0 Å². The van der Waals surface area contributed by atoms with E-state index in [0.29, 0.717) is 12.8 Å². The van der Waals surface area contributed by atoms with Crippen LogP contribution in [0.25, 0.3) is 0 Å². The minimum atomic E-state index is -0.956. The van der Waals surface area contributed by atoms with Crippen molar-refractivity contribution in [3.05, 3.63) is 12.2 Å². The number of rotatable bonds is 7. The highest BCUT2D eigenvalue weighted by molar-refractivity contribution is 5.83. The van der Waals surface area contributed by atoms with Crippen LogP contribution in [0, 0.1) is 29.6 Å². The predicted molar refractivity (Wildman–Crippen MR) is 76.7 cm³/mol. The topological polar surface area (TPSA) is 89.9 Å². The van der Waals surface area contributed by atoms with Crippen LogP contribution in [0.15, 0.2) is 12.2 Å². The second-order valence-electron chi connectivity index (χ2n) is 5.98. The lowest BCUT2D eigenvalue weighted by atomic mass is 9.83. The Morgan fingerprint density at radius 2 is 1.73 bits per heavy atom. The third-order valence-corrected chi connectivity index (χ3v) is 4.60. The van der Waals surface area contributed by atoms with Gasteiger partial charge in [0.2, 0.25) is 0 Å². The standard InChI is InChI=1S/C16H22O6/c1-3-9(2)15(19)21-6-7-22-16(20)13-11-5-4-10(8-11)12(13)14(17)18/h4-5,9-13H,3,6-8H2,1-2H3,(H,17,18). The highest BCUT2D eigenvalue weighted by atomic mass is 16.6. The Bertz CT molecular complexity index is 483. The molecule has 1 N–H and O–H groups in total. The lowest BCUT2D eigenvalue weighted by Crippen LogP contribution is -2.34. The van der Waals surface area contributed by atoms with Crippen molar-refractivity contribution in [2.24, 2.45) is 29.6 Å². The molecular formula is C16H22O6. The summed E-state index contributed by atoms with van der Waals surface area (Å²) in [6.07, 6.45) is 5.16. The summed E-state index contributed by atoms with van der Waals surface area (Å²) >= 11 is 0. The molecule has 0 saturated heterocycles. The Morgan fingerprint density at radius 3 is 2.32 bits per heavy atom. The van der Waals surface area contributed by atoms with E-state index in [0.717, 1.165) is 0 Å². The summed E-state index contributed by atoms with van der Waals surface area (Å²) in [6, 6.07) is 0. The van der Waals surface area contributed by atoms with Gasteiger partial charge in [-0.2, -0.15) is 0 Å². The molecule has 2 aliphatic rings. The van der Waals surface area contributed by atoms with Gasteiger partial charge in [0, 0.05) is 0 Å². The molecule has 6 heteroatoms. The average Bonchev–Trinajstić information content (AvgIpc) is 3.10. The second kappa shape index (κ2) is 6.94. The molecule has 0 aromatic heterocycles. The van der Waals surface area contributed by atoms with Gasteiger partial charge in [0.1, 0.15) is 13.2 Å². The van der Waals surface area contributed by atoms with Gasteiger partial charge in [0.15, 0.2) is 0 Å². The van der Waals surface area contributed by atoms with E-state index in [1.54, 1.807) is 6.92 Å². The van der Waals surface area contributed by atoms with Crippen molar-refractivity contribution in [1.82, 2.24) is 0 Å². The number of carbonyl (C=O) groups excluding carboxylic acids is 2. The first-order chi connectivity index (χ1) is 10.5. The van der Waals surface area contributed by atoms with E-state index < -0.39 is 23.8 Å². The van der Waals surface area contributed by atoms with Crippen LogP contribution < -0.4 is 0 Å². The number of fused-ring (bicyclic) bond motifs is 2. The zero-order valence-corrected chi connectivity index (χ0v) is 12.9. The predicted octanol–water partition coefficient (Wildman–Crippen LogP) is 1.64. The molecule has 1 saturated carbocycles. The number of ether oxygens (including phenoxy) is 2. The summed E-state index contributed by atoms with van der Waals surface area (Å²) in [5.41, 5.74) is 0. The van der Waals surface area contributed by atoms with Crippen molar-refractivity contribution in [3.63, 3.8) is 0 Å². The fourth-order valence-electron chi connectivity index (χ4n) is 3.17. The van der Waals surface area contributed by atoms with E-state index in [9.17, 15) is 19.5 Å². The van der Waals surface area contributed by atoms with Crippen LogP contribution in [-0.4, -0.2) is 36.2 Å². The van der Waals surface area contributed by atoms with Gasteiger partial charge in [-0.15, -0.1) is 0 Å². The number of aliphatic carboxylic acids is 1. The molecule has 122 valence electrons. The third kappa shape index (κ3) is 3.31. The number of carbonyl (C=O) groups is 3. The summed E-state index contributed by atoms with van der Waals surface area (Å²) in [5, 5.41) is 9.28. The van der Waals surface area contributed by atoms with Crippen LogP contribution in [0.4, 0.5) is 0 Å². The third-order valence-electron chi connectivity index (χ3n) is 4.60. The Hall–Kier alpha value is -1.85. The Balaban J connectivity index is 1.79. The van der Waals surface area contributed by atoms with Crippen LogP contribution in [-0.2, 0) is 23.9 Å². The van der Waals surface area contributed by atoms with Crippen molar-refractivity contribution in [2.45, 2.75) is 26.7 Å². The number of esters is 2. The van der Waals surface area contributed by atoms with Gasteiger partial charge in [-0.3, -0.25) is 14.4 Å². The normalized spacial score (nSPS) is 30.1. The molecule has 2 rings (SSSR count). The van der Waals surface area contributed by atoms with Crippen LogP contribution >= 0.6 is 0 Å². The van der Waals surface area contributed by atoms with Crippen LogP contribution in [0.1, 0.15) is 26.7 Å². The van der Waals surface area contributed by atoms with E-state index in [-0.39, 0.29) is 36.9 Å². The molecule has 5 unspecified atom stereocenters. The largest absolute Gasteiger partial charge is 0.481 e. The molecule has 0 aromatic carbocycles. The van der Waals surface area contributed by atoms with Crippen molar-refractivity contribution < 1.29 is 29.0 Å². The van der Waals surface area contributed by atoms with Gasteiger partial charge in [-0.1, -0.05) is 26.0 Å². The summed E-state index contributed by atoms with van der Waals surface area (Å²) < 4.78 is 10.1. The SMILES string of the molecule is CCC(C)C(=O)OCCOC(=O)C1C2C=CC(C2)C1C(=O)O. The fourth-order valence-corrected chi connectivity index (χ4v) is 3.17. The maximum atomic E-state index is 12.1. The number of hydrogen-bond donors (Lipinski definition) is 1. The van der Waals surface area contributed by atoms with Crippen molar-refractivity contribution in [3.8, 4) is 0 Å². The molecule has 0 heterocycles. The molecule has 0 aliphatic heterocycles. The summed E-state index contributed by atoms with van der Waals surface area (Å²) in [4.78, 5) is 34.9. The molecule has 2 aliphatic carbocycles. The lowest BCUT2D eigenvalue weighted by molar-refractivity contribution is -0.162. The molecule has 5 atom stereocenters. The molecule has 2 bridgehead atoms. The molecule has 0 spiro atoms.